The Balaban J connectivity index is 1.92. The fourth-order valence-electron chi connectivity index (χ4n) is 2.01. The zero-order chi connectivity index (χ0) is 16.7. The van der Waals surface area contributed by atoms with Gasteiger partial charge >= 0.3 is 12.1 Å². The van der Waals surface area contributed by atoms with Gasteiger partial charge in [0.2, 0.25) is 0 Å². The van der Waals surface area contributed by atoms with Crippen LogP contribution in [0.2, 0.25) is 0 Å². The number of carboxylic acid groups (broad SMARTS) is 1. The third-order valence-electron chi connectivity index (χ3n) is 3.22. The number of aliphatic carboxylic acids is 1. The molecule has 0 radical (unpaired) electrons. The number of phenolic OH excluding ortho intramolecular Hbond substituents is 1. The van der Waals surface area contributed by atoms with Gasteiger partial charge in [-0.2, -0.15) is 0 Å². The molecule has 0 saturated carbocycles. The average molecular weight is 315 g/mol. The van der Waals surface area contributed by atoms with Crippen LogP contribution in [0.25, 0.3) is 0 Å². The third kappa shape index (κ3) is 5.03. The molecule has 0 bridgehead atoms. The minimum absolute atomic E-state index is 0.0156. The van der Waals surface area contributed by atoms with Crippen LogP contribution in [0.4, 0.5) is 4.79 Å². The van der Waals surface area contributed by atoms with Gasteiger partial charge in [0.25, 0.3) is 0 Å². The molecule has 1 amide bonds. The molecule has 6 heteroatoms. The highest BCUT2D eigenvalue weighted by Gasteiger charge is 2.22. The number of amides is 1. The second-order valence-corrected chi connectivity index (χ2v) is 4.93. The minimum atomic E-state index is -1.20. The summed E-state index contributed by atoms with van der Waals surface area (Å²) in [4.78, 5) is 23.0. The molecular weight excluding hydrogens is 298 g/mol. The van der Waals surface area contributed by atoms with Gasteiger partial charge in [-0.15, -0.1) is 0 Å². The molecule has 0 spiro atoms. The van der Waals surface area contributed by atoms with Crippen LogP contribution in [0.3, 0.4) is 0 Å². The van der Waals surface area contributed by atoms with E-state index in [1.54, 1.807) is 30.3 Å². The van der Waals surface area contributed by atoms with Crippen molar-refractivity contribution in [2.75, 3.05) is 0 Å². The van der Waals surface area contributed by atoms with Crippen molar-refractivity contribution in [1.82, 2.24) is 5.32 Å². The van der Waals surface area contributed by atoms with Gasteiger partial charge in [-0.1, -0.05) is 48.5 Å². The average Bonchev–Trinajstić information content (AvgIpc) is 2.55. The quantitative estimate of drug-likeness (QED) is 0.760. The Hall–Kier alpha value is -3.02. The van der Waals surface area contributed by atoms with Gasteiger partial charge in [-0.25, -0.2) is 9.59 Å². The van der Waals surface area contributed by atoms with E-state index < -0.39 is 18.1 Å². The van der Waals surface area contributed by atoms with Crippen molar-refractivity contribution in [3.8, 4) is 5.75 Å². The molecule has 3 N–H and O–H groups in total. The van der Waals surface area contributed by atoms with Crippen LogP contribution in [0, 0.1) is 0 Å². The van der Waals surface area contributed by atoms with Crippen molar-refractivity contribution >= 4 is 12.1 Å². The maximum atomic E-state index is 11.7. The van der Waals surface area contributed by atoms with E-state index in [2.05, 4.69) is 5.32 Å². The monoisotopic (exact) mass is 315 g/mol. The summed E-state index contributed by atoms with van der Waals surface area (Å²) in [6, 6.07) is 14.3. The zero-order valence-electron chi connectivity index (χ0n) is 12.3. The van der Waals surface area contributed by atoms with Crippen molar-refractivity contribution in [2.24, 2.45) is 0 Å². The highest BCUT2D eigenvalue weighted by molar-refractivity contribution is 5.80. The van der Waals surface area contributed by atoms with Crippen molar-refractivity contribution in [1.29, 1.82) is 0 Å². The van der Waals surface area contributed by atoms with E-state index in [0.717, 1.165) is 5.56 Å². The Labute approximate surface area is 133 Å². The van der Waals surface area contributed by atoms with E-state index in [1.807, 2.05) is 18.2 Å². The van der Waals surface area contributed by atoms with Crippen molar-refractivity contribution < 1.29 is 24.5 Å². The molecule has 2 rings (SSSR count). The molecule has 6 nitrogen and oxygen atoms in total. The summed E-state index contributed by atoms with van der Waals surface area (Å²) in [5, 5.41) is 21.2. The molecule has 0 aliphatic carbocycles. The first-order valence-corrected chi connectivity index (χ1v) is 7.03. The number of rotatable bonds is 6. The first-order chi connectivity index (χ1) is 11.1. The minimum Gasteiger partial charge on any atom is -0.508 e. The molecule has 0 aliphatic rings. The molecule has 1 unspecified atom stereocenters. The van der Waals surface area contributed by atoms with Gasteiger partial charge in [0.1, 0.15) is 18.4 Å². The Morgan fingerprint density at radius 1 is 1.04 bits per heavy atom. The summed E-state index contributed by atoms with van der Waals surface area (Å²) in [6.07, 6.45) is -0.862. The van der Waals surface area contributed by atoms with Crippen LogP contribution >= 0.6 is 0 Å². The lowest BCUT2D eigenvalue weighted by atomic mass is 10.1. The molecule has 23 heavy (non-hydrogen) atoms. The van der Waals surface area contributed by atoms with Crippen LogP contribution in [0.15, 0.2) is 54.6 Å². The van der Waals surface area contributed by atoms with E-state index in [-0.39, 0.29) is 18.8 Å². The largest absolute Gasteiger partial charge is 0.508 e. The summed E-state index contributed by atoms with van der Waals surface area (Å²) in [5.41, 5.74) is 1.23. The normalized spacial score (nSPS) is 11.5. The number of aromatic hydroxyl groups is 1. The van der Waals surface area contributed by atoms with Crippen LogP contribution in [-0.4, -0.2) is 28.3 Å². The molecule has 1 atom stereocenters. The smallest absolute Gasteiger partial charge is 0.408 e. The summed E-state index contributed by atoms with van der Waals surface area (Å²) in [6.45, 7) is 0.0512. The lowest BCUT2D eigenvalue weighted by Crippen LogP contribution is -2.42. The molecule has 2 aromatic rings. The van der Waals surface area contributed by atoms with Gasteiger partial charge in [0.15, 0.2) is 0 Å². The summed E-state index contributed by atoms with van der Waals surface area (Å²) in [5.74, 6) is -1.22. The van der Waals surface area contributed by atoms with Crippen LogP contribution in [0.5, 0.6) is 5.75 Å². The second kappa shape index (κ2) is 7.84. The maximum absolute atomic E-state index is 11.7. The molecule has 0 saturated heterocycles. The number of para-hydroxylation sites is 1. The summed E-state index contributed by atoms with van der Waals surface area (Å²) >= 11 is 0. The first-order valence-electron chi connectivity index (χ1n) is 7.03. The van der Waals surface area contributed by atoms with Crippen molar-refractivity contribution in [3.05, 3.63) is 65.7 Å². The van der Waals surface area contributed by atoms with Gasteiger partial charge in [-0.3, -0.25) is 0 Å². The summed E-state index contributed by atoms with van der Waals surface area (Å²) < 4.78 is 5.00. The number of hydrogen-bond acceptors (Lipinski definition) is 4. The number of phenols is 1. The Morgan fingerprint density at radius 3 is 2.35 bits per heavy atom. The number of carbonyl (C=O) groups is 2. The van der Waals surface area contributed by atoms with Crippen molar-refractivity contribution in [3.63, 3.8) is 0 Å². The van der Waals surface area contributed by atoms with Crippen LogP contribution in [-0.2, 0) is 22.6 Å². The summed E-state index contributed by atoms with van der Waals surface area (Å²) in [7, 11) is 0. The lowest BCUT2D eigenvalue weighted by molar-refractivity contribution is -0.139. The first kappa shape index (κ1) is 16.4. The Morgan fingerprint density at radius 2 is 1.70 bits per heavy atom. The van der Waals surface area contributed by atoms with E-state index in [1.165, 1.54) is 6.07 Å². The molecule has 0 aliphatic heterocycles. The van der Waals surface area contributed by atoms with Gasteiger partial charge in [0, 0.05) is 6.42 Å². The number of ether oxygens (including phenoxy) is 1. The predicted molar refractivity (Wildman–Crippen MR) is 83.0 cm³/mol. The second-order valence-electron chi connectivity index (χ2n) is 4.93. The SMILES string of the molecule is O=C(NC(Cc1ccccc1O)C(=O)O)OCc1ccccc1. The molecule has 2 aromatic carbocycles. The number of alkyl carbamates (subject to hydrolysis) is 1. The van der Waals surface area contributed by atoms with Crippen LogP contribution < -0.4 is 5.32 Å². The van der Waals surface area contributed by atoms with Crippen molar-refractivity contribution in [2.45, 2.75) is 19.1 Å². The van der Waals surface area contributed by atoms with E-state index >= 15 is 0 Å². The highest BCUT2D eigenvalue weighted by Crippen LogP contribution is 2.17. The fourth-order valence-corrected chi connectivity index (χ4v) is 2.01. The van der Waals surface area contributed by atoms with Crippen LogP contribution in [0.1, 0.15) is 11.1 Å². The third-order valence-corrected chi connectivity index (χ3v) is 3.22. The number of benzene rings is 2. The highest BCUT2D eigenvalue weighted by atomic mass is 16.5. The van der Waals surface area contributed by atoms with E-state index in [4.69, 9.17) is 4.74 Å². The van der Waals surface area contributed by atoms with Gasteiger partial charge in [-0.05, 0) is 17.2 Å². The molecule has 0 aromatic heterocycles. The molecular formula is C17H17NO5. The molecule has 0 heterocycles. The van der Waals surface area contributed by atoms with Gasteiger partial charge < -0.3 is 20.3 Å². The Kier molecular flexibility index (Phi) is 5.57. The molecule has 0 fully saturated rings. The lowest BCUT2D eigenvalue weighted by Gasteiger charge is -2.15. The topological polar surface area (TPSA) is 95.9 Å². The number of carbonyl (C=O) groups excluding carboxylic acids is 1. The standard InChI is InChI=1S/C17H17NO5/c19-15-9-5-4-8-13(15)10-14(16(20)21)18-17(22)23-11-12-6-2-1-3-7-12/h1-9,14,19H,10-11H2,(H,18,22)(H,20,21). The zero-order valence-corrected chi connectivity index (χ0v) is 12.3. The number of nitrogens with one attached hydrogen (secondary N) is 1. The van der Waals surface area contributed by atoms with Gasteiger partial charge in [0.05, 0.1) is 0 Å². The molecule has 120 valence electrons. The number of hydrogen-bond donors (Lipinski definition) is 3. The Bertz CT molecular complexity index is 672. The predicted octanol–water partition coefficient (Wildman–Crippen LogP) is 2.31. The number of carboxylic acids is 1. The van der Waals surface area contributed by atoms with E-state index in [0.29, 0.717) is 5.56 Å². The maximum Gasteiger partial charge on any atom is 0.408 e. The fraction of sp³-hybridized carbons (Fsp3) is 0.176. The van der Waals surface area contributed by atoms with E-state index in [9.17, 15) is 19.8 Å².